The van der Waals surface area contributed by atoms with Gasteiger partial charge in [-0.15, -0.1) is 12.4 Å². The number of hydrogen-bond donors (Lipinski definition) is 0. The van der Waals surface area contributed by atoms with Gasteiger partial charge in [-0.1, -0.05) is 18.2 Å². The van der Waals surface area contributed by atoms with Gasteiger partial charge >= 0.3 is 0 Å². The molecule has 0 N–H and O–H groups in total. The summed E-state index contributed by atoms with van der Waals surface area (Å²) in [6.07, 6.45) is 6.70. The third kappa shape index (κ3) is 1.78. The molecule has 1 aromatic heterocycles. The second-order valence-electron chi connectivity index (χ2n) is 3.70. The number of rotatable bonds is 1. The number of imidazole rings is 1. The molecule has 1 aliphatic heterocycles. The van der Waals surface area contributed by atoms with Crippen LogP contribution in [0.5, 0.6) is 5.75 Å². The molecule has 0 amide bonds. The smallest absolute Gasteiger partial charge is 0.124 e. The van der Waals surface area contributed by atoms with Crippen LogP contribution < -0.4 is 4.74 Å². The lowest BCUT2D eigenvalue weighted by Gasteiger charge is -2.26. The molecule has 1 aliphatic rings. The largest absolute Gasteiger partial charge is 0.493 e. The van der Waals surface area contributed by atoms with Crippen LogP contribution in [-0.2, 0) is 0 Å². The molecule has 3 nitrogen and oxygen atoms in total. The van der Waals surface area contributed by atoms with Gasteiger partial charge in [-0.3, -0.25) is 0 Å². The summed E-state index contributed by atoms with van der Waals surface area (Å²) in [6.45, 7) is 0.778. The monoisotopic (exact) mass is 236 g/mol. The number of halogens is 1. The maximum absolute atomic E-state index is 5.62. The van der Waals surface area contributed by atoms with Gasteiger partial charge in [-0.05, 0) is 6.07 Å². The number of ether oxygens (including phenoxy) is 1. The van der Waals surface area contributed by atoms with Crippen molar-refractivity contribution in [3.63, 3.8) is 0 Å². The second kappa shape index (κ2) is 4.58. The van der Waals surface area contributed by atoms with Crippen LogP contribution in [0, 0.1) is 0 Å². The van der Waals surface area contributed by atoms with Crippen molar-refractivity contribution in [3.05, 3.63) is 48.5 Å². The normalized spacial score (nSPS) is 18.1. The van der Waals surface area contributed by atoms with Crippen molar-refractivity contribution < 1.29 is 4.74 Å². The van der Waals surface area contributed by atoms with Gasteiger partial charge in [0.25, 0.3) is 0 Å². The van der Waals surface area contributed by atoms with Crippen molar-refractivity contribution in [2.24, 2.45) is 0 Å². The number of hydrogen-bond acceptors (Lipinski definition) is 2. The molecule has 0 radical (unpaired) electrons. The minimum absolute atomic E-state index is 0. The van der Waals surface area contributed by atoms with Gasteiger partial charge in [0.2, 0.25) is 0 Å². The number of nitrogens with zero attached hydrogens (tertiary/aromatic N) is 2. The van der Waals surface area contributed by atoms with Crippen LogP contribution >= 0.6 is 12.4 Å². The van der Waals surface area contributed by atoms with Crippen molar-refractivity contribution in [1.29, 1.82) is 0 Å². The summed E-state index contributed by atoms with van der Waals surface area (Å²) in [5, 5.41) is 0. The quantitative estimate of drug-likeness (QED) is 0.761. The molecule has 1 aromatic carbocycles. The fraction of sp³-hybridized carbons (Fsp3) is 0.250. The van der Waals surface area contributed by atoms with Crippen molar-refractivity contribution in [2.75, 3.05) is 6.61 Å². The molecule has 84 valence electrons. The van der Waals surface area contributed by atoms with Gasteiger partial charge < -0.3 is 9.30 Å². The molecular formula is C12H13ClN2O. The van der Waals surface area contributed by atoms with Crippen LogP contribution in [0.15, 0.2) is 43.0 Å². The zero-order valence-corrected chi connectivity index (χ0v) is 9.56. The zero-order valence-electron chi connectivity index (χ0n) is 8.74. The van der Waals surface area contributed by atoms with Gasteiger partial charge in [-0.2, -0.15) is 0 Å². The minimum Gasteiger partial charge on any atom is -0.493 e. The summed E-state index contributed by atoms with van der Waals surface area (Å²) in [6, 6.07) is 8.59. The minimum atomic E-state index is 0. The lowest BCUT2D eigenvalue weighted by molar-refractivity contribution is 0.256. The highest BCUT2D eigenvalue weighted by Gasteiger charge is 2.21. The zero-order chi connectivity index (χ0) is 10.1. The Morgan fingerprint density at radius 2 is 2.19 bits per heavy atom. The van der Waals surface area contributed by atoms with E-state index in [1.807, 2.05) is 30.9 Å². The van der Waals surface area contributed by atoms with Crippen LogP contribution in [-0.4, -0.2) is 16.2 Å². The lowest BCUT2D eigenvalue weighted by Crippen LogP contribution is -2.19. The predicted molar refractivity (Wildman–Crippen MR) is 64.2 cm³/mol. The first-order valence-electron chi connectivity index (χ1n) is 5.14. The van der Waals surface area contributed by atoms with Crippen LogP contribution in [0.1, 0.15) is 18.0 Å². The molecule has 0 saturated heterocycles. The summed E-state index contributed by atoms with van der Waals surface area (Å²) in [5.41, 5.74) is 1.25. The first-order chi connectivity index (χ1) is 7.45. The highest BCUT2D eigenvalue weighted by Crippen LogP contribution is 2.33. The van der Waals surface area contributed by atoms with Crippen LogP contribution in [0.25, 0.3) is 0 Å². The SMILES string of the molecule is Cl.c1ccc2c(c1)OCCC2n1ccnc1. The number of fused-ring (bicyclic) bond motifs is 1. The van der Waals surface area contributed by atoms with E-state index < -0.39 is 0 Å². The predicted octanol–water partition coefficient (Wildman–Crippen LogP) is 2.68. The average molecular weight is 237 g/mol. The highest BCUT2D eigenvalue weighted by molar-refractivity contribution is 5.85. The van der Waals surface area contributed by atoms with Crippen LogP contribution in [0.3, 0.4) is 0 Å². The van der Waals surface area contributed by atoms with E-state index in [0.717, 1.165) is 18.8 Å². The summed E-state index contributed by atoms with van der Waals surface area (Å²) in [5.74, 6) is 1.00. The van der Waals surface area contributed by atoms with Gasteiger partial charge in [0.15, 0.2) is 0 Å². The Morgan fingerprint density at radius 3 is 3.00 bits per heavy atom. The summed E-state index contributed by atoms with van der Waals surface area (Å²) >= 11 is 0. The Labute approximate surface area is 100 Å². The average Bonchev–Trinajstić information content (AvgIpc) is 2.82. The van der Waals surface area contributed by atoms with E-state index in [0.29, 0.717) is 6.04 Å². The Balaban J connectivity index is 0.000000963. The third-order valence-electron chi connectivity index (χ3n) is 2.81. The van der Waals surface area contributed by atoms with E-state index in [4.69, 9.17) is 4.74 Å². The Bertz CT molecular complexity index is 456. The number of aromatic nitrogens is 2. The third-order valence-corrected chi connectivity index (χ3v) is 2.81. The van der Waals surface area contributed by atoms with E-state index in [-0.39, 0.29) is 12.4 Å². The van der Waals surface area contributed by atoms with E-state index in [9.17, 15) is 0 Å². The molecule has 0 fully saturated rings. The molecule has 4 heteroatoms. The fourth-order valence-corrected chi connectivity index (χ4v) is 2.09. The molecule has 1 unspecified atom stereocenters. The molecule has 0 bridgehead atoms. The molecule has 2 heterocycles. The second-order valence-corrected chi connectivity index (χ2v) is 3.70. The Hall–Kier alpha value is -1.48. The molecule has 2 aromatic rings. The topological polar surface area (TPSA) is 27.1 Å². The van der Waals surface area contributed by atoms with Crippen LogP contribution in [0.4, 0.5) is 0 Å². The van der Waals surface area contributed by atoms with Gasteiger partial charge in [-0.25, -0.2) is 4.98 Å². The first kappa shape index (κ1) is 11.0. The van der Waals surface area contributed by atoms with Gasteiger partial charge in [0, 0.05) is 24.4 Å². The summed E-state index contributed by atoms with van der Waals surface area (Å²) in [7, 11) is 0. The Morgan fingerprint density at radius 1 is 1.31 bits per heavy atom. The molecule has 16 heavy (non-hydrogen) atoms. The number of benzene rings is 1. The van der Waals surface area contributed by atoms with Crippen molar-refractivity contribution in [3.8, 4) is 5.75 Å². The molecule has 0 saturated carbocycles. The van der Waals surface area contributed by atoms with Gasteiger partial charge in [0.1, 0.15) is 5.75 Å². The van der Waals surface area contributed by atoms with E-state index in [2.05, 4.69) is 21.7 Å². The summed E-state index contributed by atoms with van der Waals surface area (Å²) < 4.78 is 7.76. The van der Waals surface area contributed by atoms with Crippen molar-refractivity contribution in [1.82, 2.24) is 9.55 Å². The standard InChI is InChI=1S/C12H12N2O.ClH/c1-2-4-12-10(3-1)11(5-8-15-12)14-7-6-13-9-14;/h1-4,6-7,9,11H,5,8H2;1H. The van der Waals surface area contributed by atoms with E-state index in [1.54, 1.807) is 0 Å². The molecule has 0 aliphatic carbocycles. The van der Waals surface area contributed by atoms with Gasteiger partial charge in [0.05, 0.1) is 19.0 Å². The Kier molecular flexibility index (Phi) is 3.15. The molecular weight excluding hydrogens is 224 g/mol. The lowest BCUT2D eigenvalue weighted by atomic mass is 10.0. The fourth-order valence-electron chi connectivity index (χ4n) is 2.09. The first-order valence-corrected chi connectivity index (χ1v) is 5.14. The maximum atomic E-state index is 5.62. The van der Waals surface area contributed by atoms with Crippen molar-refractivity contribution >= 4 is 12.4 Å². The molecule has 0 spiro atoms. The van der Waals surface area contributed by atoms with Crippen LogP contribution in [0.2, 0.25) is 0 Å². The summed E-state index contributed by atoms with van der Waals surface area (Å²) in [4.78, 5) is 4.09. The highest BCUT2D eigenvalue weighted by atomic mass is 35.5. The molecule has 1 atom stereocenters. The van der Waals surface area contributed by atoms with E-state index in [1.165, 1.54) is 5.56 Å². The van der Waals surface area contributed by atoms with E-state index >= 15 is 0 Å². The molecule has 3 rings (SSSR count). The maximum Gasteiger partial charge on any atom is 0.124 e. The number of para-hydroxylation sites is 1. The van der Waals surface area contributed by atoms with Crippen molar-refractivity contribution in [2.45, 2.75) is 12.5 Å².